The number of fused-ring (bicyclic) bond motifs is 1. The first kappa shape index (κ1) is 28.6. The number of sulfonamides is 1. The molecule has 3 aromatic rings. The fourth-order valence-electron chi connectivity index (χ4n) is 6.02. The molecule has 0 bridgehead atoms. The minimum absolute atomic E-state index is 0.256. The highest BCUT2D eigenvalue weighted by Crippen LogP contribution is 2.47. The Balaban J connectivity index is 1.65. The van der Waals surface area contributed by atoms with E-state index < -0.39 is 34.1 Å². The largest absolute Gasteiger partial charge is 0.351 e. The molecule has 10 heteroatoms. The first-order chi connectivity index (χ1) is 19.1. The molecular formula is C30H31Cl2N3O4S. The van der Waals surface area contributed by atoms with Crippen LogP contribution in [0.2, 0.25) is 10.0 Å². The number of carbonyl (C=O) groups is 2. The molecule has 7 nitrogen and oxygen atoms in total. The Labute approximate surface area is 244 Å². The van der Waals surface area contributed by atoms with Gasteiger partial charge in [0.05, 0.1) is 18.2 Å². The van der Waals surface area contributed by atoms with Gasteiger partial charge in [-0.3, -0.25) is 9.59 Å². The lowest BCUT2D eigenvalue weighted by atomic mass is 9.76. The van der Waals surface area contributed by atoms with Gasteiger partial charge < -0.3 is 10.2 Å². The average Bonchev–Trinajstić information content (AvgIpc) is 2.92. The van der Waals surface area contributed by atoms with E-state index >= 15 is 0 Å². The van der Waals surface area contributed by atoms with Gasteiger partial charge in [0.2, 0.25) is 15.9 Å². The van der Waals surface area contributed by atoms with Crippen molar-refractivity contribution in [3.8, 4) is 0 Å². The number of carbonyl (C=O) groups excluding carboxylic acids is 2. The van der Waals surface area contributed by atoms with Crippen molar-refractivity contribution in [1.82, 2.24) is 14.9 Å². The molecule has 2 amide bonds. The van der Waals surface area contributed by atoms with E-state index in [9.17, 15) is 18.0 Å². The quantitative estimate of drug-likeness (QED) is 0.377. The summed E-state index contributed by atoms with van der Waals surface area (Å²) in [6.07, 6.45) is 3.94. The monoisotopic (exact) mass is 599 g/mol. The summed E-state index contributed by atoms with van der Waals surface area (Å²) in [5.74, 6) is -1.31. The summed E-state index contributed by atoms with van der Waals surface area (Å²) in [5, 5.41) is 3.84. The molecule has 1 aliphatic heterocycles. The summed E-state index contributed by atoms with van der Waals surface area (Å²) in [6.45, 7) is 0.315. The summed E-state index contributed by atoms with van der Waals surface area (Å²) in [5.41, 5.74) is 2.55. The molecule has 0 saturated heterocycles. The summed E-state index contributed by atoms with van der Waals surface area (Å²) >= 11 is 13.0. The molecule has 1 aliphatic carbocycles. The molecule has 0 radical (unpaired) electrons. The summed E-state index contributed by atoms with van der Waals surface area (Å²) in [4.78, 5) is 30.1. The van der Waals surface area contributed by atoms with E-state index in [0.29, 0.717) is 46.1 Å². The van der Waals surface area contributed by atoms with E-state index in [0.717, 1.165) is 24.7 Å². The SMILES string of the molecule is CS(=O)(=O)N[C@H]1CCCCC1N1C(=O)c2ccccc2[C@@H](C(=O)NCc2ccccc2)[C@@H]1c1ccc(Cl)cc1Cl. The Morgan fingerprint density at radius 1 is 0.950 bits per heavy atom. The number of halogens is 2. The van der Waals surface area contributed by atoms with E-state index in [1.807, 2.05) is 36.4 Å². The topological polar surface area (TPSA) is 95.6 Å². The second-order valence-corrected chi connectivity index (χ2v) is 13.1. The van der Waals surface area contributed by atoms with Crippen molar-refractivity contribution in [2.24, 2.45) is 0 Å². The maximum Gasteiger partial charge on any atom is 0.255 e. The van der Waals surface area contributed by atoms with E-state index in [4.69, 9.17) is 23.2 Å². The van der Waals surface area contributed by atoms with Crippen LogP contribution < -0.4 is 10.0 Å². The zero-order valence-corrected chi connectivity index (χ0v) is 24.3. The van der Waals surface area contributed by atoms with Crippen molar-refractivity contribution in [3.05, 3.63) is 105 Å². The fourth-order valence-corrected chi connectivity index (χ4v) is 7.37. The summed E-state index contributed by atoms with van der Waals surface area (Å²) < 4.78 is 27.4. The molecule has 2 aliphatic rings. The van der Waals surface area contributed by atoms with E-state index in [1.165, 1.54) is 0 Å². The maximum absolute atomic E-state index is 14.3. The first-order valence-electron chi connectivity index (χ1n) is 13.3. The lowest BCUT2D eigenvalue weighted by Gasteiger charge is -2.49. The molecule has 0 aromatic heterocycles. The lowest BCUT2D eigenvalue weighted by Crippen LogP contribution is -2.59. The van der Waals surface area contributed by atoms with Crippen molar-refractivity contribution < 1.29 is 18.0 Å². The molecule has 1 unspecified atom stereocenters. The van der Waals surface area contributed by atoms with Gasteiger partial charge in [0.15, 0.2) is 0 Å². The molecule has 2 N–H and O–H groups in total. The molecule has 1 fully saturated rings. The molecule has 5 rings (SSSR count). The van der Waals surface area contributed by atoms with Crippen molar-refractivity contribution in [1.29, 1.82) is 0 Å². The Bertz CT molecular complexity index is 1520. The highest BCUT2D eigenvalue weighted by molar-refractivity contribution is 7.88. The Morgan fingerprint density at radius 2 is 1.65 bits per heavy atom. The molecule has 4 atom stereocenters. The van der Waals surface area contributed by atoms with Crippen LogP contribution in [0.15, 0.2) is 72.8 Å². The van der Waals surface area contributed by atoms with Crippen LogP contribution in [0.4, 0.5) is 0 Å². The normalized spacial score (nSPS) is 23.0. The third-order valence-corrected chi connectivity index (χ3v) is 8.99. The van der Waals surface area contributed by atoms with Gasteiger partial charge in [-0.2, -0.15) is 0 Å². The highest BCUT2D eigenvalue weighted by atomic mass is 35.5. The van der Waals surface area contributed by atoms with Crippen LogP contribution in [0.5, 0.6) is 0 Å². The van der Waals surface area contributed by atoms with Crippen LogP contribution in [0.1, 0.15) is 64.7 Å². The van der Waals surface area contributed by atoms with Gasteiger partial charge in [0.1, 0.15) is 0 Å². The van der Waals surface area contributed by atoms with E-state index in [1.54, 1.807) is 41.3 Å². The Morgan fingerprint density at radius 3 is 2.38 bits per heavy atom. The van der Waals surface area contributed by atoms with E-state index in [2.05, 4.69) is 10.0 Å². The van der Waals surface area contributed by atoms with Crippen LogP contribution in [-0.2, 0) is 21.4 Å². The number of hydrogen-bond donors (Lipinski definition) is 2. The summed E-state index contributed by atoms with van der Waals surface area (Å²) in [7, 11) is -3.55. The number of nitrogens with zero attached hydrogens (tertiary/aromatic N) is 1. The van der Waals surface area contributed by atoms with Gasteiger partial charge in [-0.25, -0.2) is 13.1 Å². The van der Waals surface area contributed by atoms with Gasteiger partial charge in [-0.05, 0) is 47.7 Å². The third-order valence-electron chi connectivity index (χ3n) is 7.70. The van der Waals surface area contributed by atoms with E-state index in [-0.39, 0.29) is 11.8 Å². The van der Waals surface area contributed by atoms with Gasteiger partial charge in [-0.15, -0.1) is 0 Å². The molecule has 3 aromatic carbocycles. The molecule has 1 saturated carbocycles. The molecule has 40 heavy (non-hydrogen) atoms. The summed E-state index contributed by atoms with van der Waals surface area (Å²) in [6, 6.07) is 20.0. The highest BCUT2D eigenvalue weighted by Gasteiger charge is 2.49. The average molecular weight is 601 g/mol. The van der Waals surface area contributed by atoms with Gasteiger partial charge in [0, 0.05) is 34.2 Å². The van der Waals surface area contributed by atoms with Crippen molar-refractivity contribution in [2.45, 2.75) is 56.3 Å². The van der Waals surface area contributed by atoms with Gasteiger partial charge in [0.25, 0.3) is 5.91 Å². The number of rotatable bonds is 7. The van der Waals surface area contributed by atoms with Crippen LogP contribution in [-0.4, -0.2) is 43.5 Å². The number of amides is 2. The molecule has 1 heterocycles. The standard InChI is InChI=1S/C30H31Cl2N3O4S/c1-40(38,39)34-25-13-7-8-14-26(25)35-28(23-16-15-20(31)17-24(23)32)27(21-11-5-6-12-22(21)30(35)37)29(36)33-18-19-9-3-2-4-10-19/h2-6,9-12,15-17,25-28,34H,7-8,13-14,18H2,1H3,(H,33,36)/t25-,26?,27+,28-/m0/s1. The van der Waals surface area contributed by atoms with Crippen LogP contribution in [0.25, 0.3) is 0 Å². The Hall–Kier alpha value is -2.91. The molecule has 210 valence electrons. The zero-order chi connectivity index (χ0) is 28.4. The predicted molar refractivity (Wildman–Crippen MR) is 157 cm³/mol. The predicted octanol–water partition coefficient (Wildman–Crippen LogP) is 5.45. The van der Waals surface area contributed by atoms with Crippen molar-refractivity contribution in [3.63, 3.8) is 0 Å². The second-order valence-electron chi connectivity index (χ2n) is 10.4. The van der Waals surface area contributed by atoms with Crippen LogP contribution in [0, 0.1) is 0 Å². The Kier molecular flexibility index (Phi) is 8.52. The van der Waals surface area contributed by atoms with Crippen LogP contribution >= 0.6 is 23.2 Å². The zero-order valence-electron chi connectivity index (χ0n) is 22.0. The molecular weight excluding hydrogens is 569 g/mol. The lowest BCUT2D eigenvalue weighted by molar-refractivity contribution is -0.124. The fraction of sp³-hybridized carbons (Fsp3) is 0.333. The maximum atomic E-state index is 14.3. The van der Waals surface area contributed by atoms with Gasteiger partial charge >= 0.3 is 0 Å². The van der Waals surface area contributed by atoms with Crippen molar-refractivity contribution in [2.75, 3.05) is 6.26 Å². The molecule has 0 spiro atoms. The van der Waals surface area contributed by atoms with Gasteiger partial charge in [-0.1, -0.05) is 90.6 Å². The van der Waals surface area contributed by atoms with Crippen LogP contribution in [0.3, 0.4) is 0 Å². The third kappa shape index (κ3) is 6.05. The first-order valence-corrected chi connectivity index (χ1v) is 15.9. The number of hydrogen-bond acceptors (Lipinski definition) is 4. The second kappa shape index (κ2) is 11.9. The minimum Gasteiger partial charge on any atom is -0.351 e. The van der Waals surface area contributed by atoms with Crippen molar-refractivity contribution >= 4 is 45.0 Å². The minimum atomic E-state index is -3.55. The number of nitrogens with one attached hydrogen (secondary N) is 2. The number of benzene rings is 3. The smallest absolute Gasteiger partial charge is 0.255 e.